The van der Waals surface area contributed by atoms with E-state index in [1.807, 2.05) is 12.1 Å². The van der Waals surface area contributed by atoms with Crippen molar-refractivity contribution < 1.29 is 14.7 Å². The van der Waals surface area contributed by atoms with Crippen molar-refractivity contribution in [3.05, 3.63) is 58.1 Å². The lowest BCUT2D eigenvalue weighted by Gasteiger charge is -2.09. The summed E-state index contributed by atoms with van der Waals surface area (Å²) >= 11 is 4.54. The third kappa shape index (κ3) is 3.29. The number of Topliss-reactive ketones (excluding diaryl/α,β-unsaturated/α-hetero) is 1. The largest absolute Gasteiger partial charge is 0.478 e. The normalized spacial score (nSPS) is 10.3. The van der Waals surface area contributed by atoms with Crippen LogP contribution in [0, 0.1) is 0 Å². The number of halogens is 1. The van der Waals surface area contributed by atoms with Crippen LogP contribution in [-0.2, 0) is 0 Å². The molecule has 102 valence electrons. The molecule has 0 heterocycles. The van der Waals surface area contributed by atoms with Crippen molar-refractivity contribution in [1.82, 2.24) is 0 Å². The lowest BCUT2D eigenvalue weighted by atomic mass is 10.1. The van der Waals surface area contributed by atoms with Gasteiger partial charge in [0, 0.05) is 19.8 Å². The van der Waals surface area contributed by atoms with E-state index in [0.717, 1.165) is 4.90 Å². The second kappa shape index (κ2) is 6.24. The van der Waals surface area contributed by atoms with E-state index in [1.165, 1.54) is 18.7 Å². The molecule has 20 heavy (non-hydrogen) atoms. The highest BCUT2D eigenvalue weighted by Crippen LogP contribution is 2.34. The third-order valence-corrected chi connectivity index (χ3v) is 4.30. The van der Waals surface area contributed by atoms with Gasteiger partial charge in [-0.3, -0.25) is 4.79 Å². The van der Waals surface area contributed by atoms with Crippen molar-refractivity contribution in [1.29, 1.82) is 0 Å². The molecule has 3 nitrogen and oxygen atoms in total. The number of carboxylic acid groups (broad SMARTS) is 1. The van der Waals surface area contributed by atoms with Crippen molar-refractivity contribution in [2.75, 3.05) is 0 Å². The summed E-state index contributed by atoms with van der Waals surface area (Å²) in [7, 11) is 0. The maximum atomic E-state index is 11.6. The Morgan fingerprint density at radius 2 is 1.70 bits per heavy atom. The molecular weight excluding hydrogens is 340 g/mol. The number of rotatable bonds is 4. The van der Waals surface area contributed by atoms with Gasteiger partial charge in [-0.25, -0.2) is 4.79 Å². The zero-order chi connectivity index (χ0) is 14.7. The molecule has 0 fully saturated rings. The predicted molar refractivity (Wildman–Crippen MR) is 81.7 cm³/mol. The summed E-state index contributed by atoms with van der Waals surface area (Å²) in [5.74, 6) is -1.03. The molecule has 0 aliphatic carbocycles. The van der Waals surface area contributed by atoms with Gasteiger partial charge in [0.2, 0.25) is 0 Å². The van der Waals surface area contributed by atoms with E-state index in [4.69, 9.17) is 0 Å². The molecule has 1 N–H and O–H groups in total. The average Bonchev–Trinajstić information content (AvgIpc) is 2.41. The second-order valence-electron chi connectivity index (χ2n) is 4.10. The third-order valence-electron chi connectivity index (χ3n) is 2.66. The highest BCUT2D eigenvalue weighted by Gasteiger charge is 2.14. The van der Waals surface area contributed by atoms with Crippen molar-refractivity contribution in [2.45, 2.75) is 16.7 Å². The van der Waals surface area contributed by atoms with Gasteiger partial charge >= 0.3 is 5.97 Å². The molecule has 0 aliphatic rings. The molecule has 0 radical (unpaired) electrons. The number of benzene rings is 2. The zero-order valence-corrected chi connectivity index (χ0v) is 13.0. The Bertz CT molecular complexity index is 683. The molecule has 0 unspecified atom stereocenters. The molecule has 0 saturated carbocycles. The Morgan fingerprint density at radius 3 is 2.35 bits per heavy atom. The minimum absolute atomic E-state index is 0.0397. The number of hydrogen-bond acceptors (Lipinski definition) is 3. The summed E-state index contributed by atoms with van der Waals surface area (Å²) in [5, 5.41) is 9.25. The summed E-state index contributed by atoms with van der Waals surface area (Å²) in [4.78, 5) is 24.2. The van der Waals surface area contributed by atoms with E-state index in [-0.39, 0.29) is 11.3 Å². The zero-order valence-electron chi connectivity index (χ0n) is 10.6. The van der Waals surface area contributed by atoms with Gasteiger partial charge in [0.1, 0.15) is 0 Å². The van der Waals surface area contributed by atoms with E-state index in [1.54, 1.807) is 30.3 Å². The van der Waals surface area contributed by atoms with Gasteiger partial charge in [-0.05, 0) is 31.2 Å². The second-order valence-corrected chi connectivity index (χ2v) is 6.10. The maximum Gasteiger partial charge on any atom is 0.336 e. The Hall–Kier alpha value is -1.59. The van der Waals surface area contributed by atoms with Gasteiger partial charge in [0.05, 0.1) is 5.56 Å². The van der Waals surface area contributed by atoms with Gasteiger partial charge in [-0.2, -0.15) is 0 Å². The Morgan fingerprint density at radius 1 is 1.05 bits per heavy atom. The molecule has 2 rings (SSSR count). The molecule has 5 heteroatoms. The first-order valence-corrected chi connectivity index (χ1v) is 7.40. The molecule has 0 saturated heterocycles. The number of carbonyl (C=O) groups excluding carboxylic acids is 1. The van der Waals surface area contributed by atoms with Gasteiger partial charge < -0.3 is 5.11 Å². The quantitative estimate of drug-likeness (QED) is 0.824. The average molecular weight is 351 g/mol. The fraction of sp³-hybridized carbons (Fsp3) is 0.0667. The van der Waals surface area contributed by atoms with Crippen molar-refractivity contribution in [3.63, 3.8) is 0 Å². The minimum Gasteiger partial charge on any atom is -0.478 e. The molecule has 0 spiro atoms. The molecule has 2 aromatic carbocycles. The lowest BCUT2D eigenvalue weighted by Crippen LogP contribution is -2.00. The highest BCUT2D eigenvalue weighted by atomic mass is 79.9. The Balaban J connectivity index is 2.45. The van der Waals surface area contributed by atoms with E-state index < -0.39 is 5.97 Å². The summed E-state index contributed by atoms with van der Waals surface area (Å²) in [6.07, 6.45) is 0. The van der Waals surface area contributed by atoms with E-state index in [0.29, 0.717) is 14.9 Å². The molecular formula is C15H11BrO3S. The fourth-order valence-corrected chi connectivity index (χ4v) is 3.18. The van der Waals surface area contributed by atoms with Gasteiger partial charge in [0.25, 0.3) is 0 Å². The molecule has 0 aromatic heterocycles. The van der Waals surface area contributed by atoms with Crippen molar-refractivity contribution in [3.8, 4) is 0 Å². The summed E-state index contributed by atoms with van der Waals surface area (Å²) < 4.78 is 0.708. The first kappa shape index (κ1) is 14.8. The number of hydrogen-bond donors (Lipinski definition) is 1. The smallest absolute Gasteiger partial charge is 0.336 e. The molecule has 0 bridgehead atoms. The van der Waals surface area contributed by atoms with Gasteiger partial charge in [0.15, 0.2) is 5.78 Å². The van der Waals surface area contributed by atoms with Crippen molar-refractivity contribution in [2.24, 2.45) is 0 Å². The Labute approximate surface area is 129 Å². The van der Waals surface area contributed by atoms with E-state index in [9.17, 15) is 14.7 Å². The van der Waals surface area contributed by atoms with Crippen LogP contribution in [0.4, 0.5) is 0 Å². The number of carboxylic acids is 1. The molecule has 0 atom stereocenters. The number of carbonyl (C=O) groups is 2. The standard InChI is InChI=1S/C15H11BrO3S/c1-9(17)11-4-2-3-5-13(11)20-14-7-6-10(16)8-12(14)15(18)19/h2-8H,1H3,(H,18,19). The lowest BCUT2D eigenvalue weighted by molar-refractivity contribution is 0.0693. The predicted octanol–water partition coefficient (Wildman–Crippen LogP) is 4.50. The van der Waals surface area contributed by atoms with Crippen LogP contribution in [0.25, 0.3) is 0 Å². The van der Waals surface area contributed by atoms with Crippen LogP contribution in [0.5, 0.6) is 0 Å². The summed E-state index contributed by atoms with van der Waals surface area (Å²) in [6.45, 7) is 1.50. The monoisotopic (exact) mass is 350 g/mol. The van der Waals surface area contributed by atoms with Crippen LogP contribution in [0.1, 0.15) is 27.6 Å². The van der Waals surface area contributed by atoms with Gasteiger partial charge in [-0.15, -0.1) is 0 Å². The van der Waals surface area contributed by atoms with Gasteiger partial charge in [-0.1, -0.05) is 45.9 Å². The number of aromatic carboxylic acids is 1. The molecule has 2 aromatic rings. The summed E-state index contributed by atoms with van der Waals surface area (Å²) in [5.41, 5.74) is 0.805. The first-order chi connectivity index (χ1) is 9.49. The SMILES string of the molecule is CC(=O)c1ccccc1Sc1ccc(Br)cc1C(=O)O. The van der Waals surface area contributed by atoms with Crippen LogP contribution < -0.4 is 0 Å². The summed E-state index contributed by atoms with van der Waals surface area (Å²) in [6, 6.07) is 12.2. The molecule has 0 amide bonds. The maximum absolute atomic E-state index is 11.6. The molecule has 0 aliphatic heterocycles. The van der Waals surface area contributed by atoms with Crippen LogP contribution in [0.2, 0.25) is 0 Å². The van der Waals surface area contributed by atoms with Crippen LogP contribution in [0.3, 0.4) is 0 Å². The van der Waals surface area contributed by atoms with Crippen LogP contribution >= 0.6 is 27.7 Å². The van der Waals surface area contributed by atoms with Crippen LogP contribution in [-0.4, -0.2) is 16.9 Å². The Kier molecular flexibility index (Phi) is 4.62. The van der Waals surface area contributed by atoms with Crippen LogP contribution in [0.15, 0.2) is 56.7 Å². The number of ketones is 1. The topological polar surface area (TPSA) is 54.4 Å². The van der Waals surface area contributed by atoms with E-state index >= 15 is 0 Å². The first-order valence-electron chi connectivity index (χ1n) is 5.79. The van der Waals surface area contributed by atoms with Crippen molar-refractivity contribution >= 4 is 39.4 Å². The fourth-order valence-electron chi connectivity index (χ4n) is 1.72. The minimum atomic E-state index is -0.992. The van der Waals surface area contributed by atoms with E-state index in [2.05, 4.69) is 15.9 Å². The highest BCUT2D eigenvalue weighted by molar-refractivity contribution is 9.10.